The average Bonchev–Trinajstić information content (AvgIpc) is 3.28. The molecule has 0 bridgehead atoms. The van der Waals surface area contributed by atoms with Crippen LogP contribution in [0, 0.1) is 0 Å². The van der Waals surface area contributed by atoms with Crippen molar-refractivity contribution < 1.29 is 14.3 Å². The third-order valence-electron chi connectivity index (χ3n) is 5.64. The molecule has 1 aromatic heterocycles. The Morgan fingerprint density at radius 2 is 1.73 bits per heavy atom. The minimum absolute atomic E-state index is 0.133. The number of urea groups is 1. The molecule has 1 heterocycles. The molecule has 8 nitrogen and oxygen atoms in total. The number of unbranched alkanes of at least 4 members (excludes halogenated alkanes) is 1. The maximum Gasteiger partial charge on any atom is 0.322 e. The van der Waals surface area contributed by atoms with E-state index in [9.17, 15) is 9.59 Å². The molecule has 2 N–H and O–H groups in total. The number of nitrogens with one attached hydrogen (secondary N) is 2. The molecule has 0 aliphatic rings. The van der Waals surface area contributed by atoms with Crippen molar-refractivity contribution in [1.29, 1.82) is 0 Å². The van der Waals surface area contributed by atoms with Gasteiger partial charge in [0, 0.05) is 23.7 Å². The first kappa shape index (κ1) is 28.3. The van der Waals surface area contributed by atoms with Crippen molar-refractivity contribution in [3.05, 3.63) is 64.3 Å². The summed E-state index contributed by atoms with van der Waals surface area (Å²) in [5.41, 5.74) is 1.85. The fourth-order valence-corrected chi connectivity index (χ4v) is 3.79. The number of ether oxygens (including phenoxy) is 1. The van der Waals surface area contributed by atoms with Gasteiger partial charge in [0.05, 0.1) is 28.5 Å². The maximum atomic E-state index is 13.2. The molecule has 0 unspecified atom stereocenters. The van der Waals surface area contributed by atoms with Gasteiger partial charge in [-0.3, -0.25) is 4.79 Å². The molecule has 0 saturated carbocycles. The van der Waals surface area contributed by atoms with Gasteiger partial charge in [0.15, 0.2) is 0 Å². The van der Waals surface area contributed by atoms with E-state index in [1.54, 1.807) is 30.0 Å². The zero-order valence-corrected chi connectivity index (χ0v) is 23.3. The number of nitrogens with zero attached hydrogens (tertiary/aromatic N) is 3. The highest BCUT2D eigenvalue weighted by atomic mass is 35.5. The van der Waals surface area contributed by atoms with Crippen LogP contribution in [0.4, 0.5) is 16.3 Å². The van der Waals surface area contributed by atoms with Crippen LogP contribution in [0.15, 0.2) is 48.5 Å². The van der Waals surface area contributed by atoms with E-state index in [1.807, 2.05) is 37.3 Å². The molecule has 0 aliphatic carbocycles. The van der Waals surface area contributed by atoms with Gasteiger partial charge in [0.2, 0.25) is 5.91 Å². The lowest BCUT2D eigenvalue weighted by Crippen LogP contribution is -2.41. The van der Waals surface area contributed by atoms with Gasteiger partial charge in [-0.15, -0.1) is 0 Å². The predicted molar refractivity (Wildman–Crippen MR) is 149 cm³/mol. The number of anilines is 2. The van der Waals surface area contributed by atoms with Crippen LogP contribution >= 0.6 is 23.2 Å². The van der Waals surface area contributed by atoms with Gasteiger partial charge >= 0.3 is 6.03 Å². The van der Waals surface area contributed by atoms with Crippen molar-refractivity contribution in [2.75, 3.05) is 30.8 Å². The summed E-state index contributed by atoms with van der Waals surface area (Å²) in [7, 11) is 1.61. The summed E-state index contributed by atoms with van der Waals surface area (Å²) in [5.74, 6) is 0.896. The smallest absolute Gasteiger partial charge is 0.322 e. The molecule has 0 radical (unpaired) electrons. The van der Waals surface area contributed by atoms with Crippen molar-refractivity contribution >= 4 is 46.6 Å². The van der Waals surface area contributed by atoms with Crippen LogP contribution in [0.25, 0.3) is 5.69 Å². The predicted octanol–water partition coefficient (Wildman–Crippen LogP) is 6.76. The lowest BCUT2D eigenvalue weighted by molar-refractivity contribution is -0.116. The van der Waals surface area contributed by atoms with Crippen LogP contribution < -0.4 is 15.4 Å². The Labute approximate surface area is 227 Å². The van der Waals surface area contributed by atoms with Crippen molar-refractivity contribution in [2.24, 2.45) is 0 Å². The third-order valence-corrected chi connectivity index (χ3v) is 6.38. The molecular weight excluding hydrogens is 513 g/mol. The highest BCUT2D eigenvalue weighted by Crippen LogP contribution is 2.27. The number of aromatic nitrogens is 2. The number of carbonyl (C=O) groups excluding carboxylic acids is 2. The summed E-state index contributed by atoms with van der Waals surface area (Å²) in [5, 5.41) is 11.2. The van der Waals surface area contributed by atoms with Crippen molar-refractivity contribution in [2.45, 2.75) is 46.0 Å². The van der Waals surface area contributed by atoms with E-state index < -0.39 is 6.03 Å². The molecule has 3 rings (SSSR count). The molecular formula is C27H33Cl2N5O3. The van der Waals surface area contributed by atoms with Crippen LogP contribution in [-0.4, -0.2) is 46.8 Å². The number of methoxy groups -OCH3 is 1. The third kappa shape index (κ3) is 7.63. The van der Waals surface area contributed by atoms with Crippen molar-refractivity contribution in [3.63, 3.8) is 0 Å². The molecule has 0 atom stereocenters. The zero-order chi connectivity index (χ0) is 27.2. The summed E-state index contributed by atoms with van der Waals surface area (Å²) in [6.45, 7) is 8.47. The van der Waals surface area contributed by atoms with Gasteiger partial charge in [-0.1, -0.05) is 57.3 Å². The first-order valence-corrected chi connectivity index (χ1v) is 12.8. The van der Waals surface area contributed by atoms with E-state index in [-0.39, 0.29) is 17.9 Å². The van der Waals surface area contributed by atoms with E-state index in [0.717, 1.165) is 30.0 Å². The van der Waals surface area contributed by atoms with Crippen LogP contribution in [0.2, 0.25) is 10.0 Å². The fourth-order valence-electron chi connectivity index (χ4n) is 3.49. The first-order chi connectivity index (χ1) is 17.5. The first-order valence-electron chi connectivity index (χ1n) is 12.1. The second-order valence-electron chi connectivity index (χ2n) is 9.66. The second-order valence-corrected chi connectivity index (χ2v) is 10.5. The van der Waals surface area contributed by atoms with Gasteiger partial charge in [-0.2, -0.15) is 5.10 Å². The molecule has 10 heteroatoms. The van der Waals surface area contributed by atoms with Crippen LogP contribution in [-0.2, 0) is 10.2 Å². The minimum Gasteiger partial charge on any atom is -0.497 e. The van der Waals surface area contributed by atoms with E-state index in [2.05, 4.69) is 31.4 Å². The summed E-state index contributed by atoms with van der Waals surface area (Å²) in [6, 6.07) is 13.7. The van der Waals surface area contributed by atoms with Crippen LogP contribution in [0.1, 0.15) is 46.2 Å². The Morgan fingerprint density at radius 3 is 2.32 bits per heavy atom. The Balaban J connectivity index is 1.80. The quantitative estimate of drug-likeness (QED) is 0.311. The Morgan fingerprint density at radius 1 is 1.03 bits per heavy atom. The van der Waals surface area contributed by atoms with Gasteiger partial charge in [0.1, 0.15) is 18.1 Å². The molecule has 2 aromatic carbocycles. The number of rotatable bonds is 9. The van der Waals surface area contributed by atoms with E-state index in [1.165, 1.54) is 4.90 Å². The van der Waals surface area contributed by atoms with E-state index in [4.69, 9.17) is 33.0 Å². The lowest BCUT2D eigenvalue weighted by Gasteiger charge is -2.22. The summed E-state index contributed by atoms with van der Waals surface area (Å²) < 4.78 is 6.94. The zero-order valence-electron chi connectivity index (χ0n) is 21.8. The van der Waals surface area contributed by atoms with Gasteiger partial charge in [-0.05, 0) is 48.9 Å². The van der Waals surface area contributed by atoms with E-state index in [0.29, 0.717) is 28.1 Å². The number of halogens is 2. The summed E-state index contributed by atoms with van der Waals surface area (Å²) in [6.07, 6.45) is 1.62. The number of hydrogen-bond acceptors (Lipinski definition) is 4. The van der Waals surface area contributed by atoms with E-state index >= 15 is 0 Å². The second kappa shape index (κ2) is 12.3. The summed E-state index contributed by atoms with van der Waals surface area (Å²) >= 11 is 12.0. The fraction of sp³-hybridized carbons (Fsp3) is 0.370. The highest BCUT2D eigenvalue weighted by molar-refractivity contribution is 6.42. The molecule has 198 valence electrons. The molecule has 3 amide bonds. The number of hydrogen-bond donors (Lipinski definition) is 2. The average molecular weight is 546 g/mol. The highest BCUT2D eigenvalue weighted by Gasteiger charge is 2.23. The minimum atomic E-state index is -0.402. The summed E-state index contributed by atoms with van der Waals surface area (Å²) in [4.78, 5) is 27.6. The topological polar surface area (TPSA) is 88.5 Å². The van der Waals surface area contributed by atoms with Gasteiger partial charge < -0.3 is 20.3 Å². The number of benzene rings is 2. The molecule has 0 spiro atoms. The normalized spacial score (nSPS) is 11.2. The molecule has 3 aromatic rings. The monoisotopic (exact) mass is 545 g/mol. The SMILES string of the molecule is CCCCN(CC(=O)Nc1cc(C(C)(C)C)nn1-c1ccc(OC)cc1)C(=O)Nc1ccc(Cl)c(Cl)c1. The number of carbonyl (C=O) groups is 2. The molecule has 0 fully saturated rings. The van der Waals surface area contributed by atoms with Crippen LogP contribution in [0.5, 0.6) is 5.75 Å². The molecule has 0 saturated heterocycles. The van der Waals surface area contributed by atoms with Crippen molar-refractivity contribution in [3.8, 4) is 11.4 Å². The largest absolute Gasteiger partial charge is 0.497 e. The Kier molecular flexibility index (Phi) is 9.45. The van der Waals surface area contributed by atoms with Crippen LogP contribution in [0.3, 0.4) is 0 Å². The lowest BCUT2D eigenvalue weighted by atomic mass is 9.92. The molecule has 37 heavy (non-hydrogen) atoms. The van der Waals surface area contributed by atoms with Gasteiger partial charge in [0.25, 0.3) is 0 Å². The van der Waals surface area contributed by atoms with Crippen molar-refractivity contribution in [1.82, 2.24) is 14.7 Å². The van der Waals surface area contributed by atoms with Gasteiger partial charge in [-0.25, -0.2) is 9.48 Å². The Hall–Kier alpha value is -3.23. The Bertz CT molecular complexity index is 1240. The standard InChI is InChI=1S/C27H33Cl2N5O3/c1-6-7-14-33(26(36)30-18-8-13-21(28)22(29)15-18)17-25(35)31-24-16-23(27(2,3)4)32-34(24)19-9-11-20(37-5)12-10-19/h8-13,15-16H,6-7,14,17H2,1-5H3,(H,30,36)(H,31,35). The maximum absolute atomic E-state index is 13.2. The molecule has 0 aliphatic heterocycles. The number of amides is 3.